The first kappa shape index (κ1) is 8.26. The van der Waals surface area contributed by atoms with Crippen LogP contribution in [-0.4, -0.2) is 4.98 Å². The third-order valence-corrected chi connectivity index (χ3v) is 2.34. The lowest BCUT2D eigenvalue weighted by molar-refractivity contribution is 0.294. The molecule has 2 rings (SSSR count). The Morgan fingerprint density at radius 2 is 2.31 bits per heavy atom. The second kappa shape index (κ2) is 4.05. The van der Waals surface area contributed by atoms with Crippen molar-refractivity contribution in [2.75, 3.05) is 0 Å². The van der Waals surface area contributed by atoms with Gasteiger partial charge < -0.3 is 4.74 Å². The number of ether oxygens (including phenoxy) is 1. The number of hydrogen-bond donors (Lipinski definition) is 0. The first-order chi connectivity index (χ1) is 6.45. The van der Waals surface area contributed by atoms with Gasteiger partial charge in [-0.05, 0) is 22.9 Å². The van der Waals surface area contributed by atoms with E-state index in [1.165, 1.54) is 5.56 Å². The molecule has 0 amide bonds. The fraction of sp³-hybridized carbons (Fsp3) is 0.100. The summed E-state index contributed by atoms with van der Waals surface area (Å²) < 4.78 is 5.45. The predicted molar refractivity (Wildman–Crippen MR) is 52.9 cm³/mol. The van der Waals surface area contributed by atoms with Crippen LogP contribution in [0.1, 0.15) is 5.56 Å². The number of rotatable bonds is 3. The summed E-state index contributed by atoms with van der Waals surface area (Å²) in [5.41, 5.74) is 1.19. The van der Waals surface area contributed by atoms with E-state index in [0.717, 1.165) is 0 Å². The lowest BCUT2D eigenvalue weighted by Crippen LogP contribution is -1.94. The van der Waals surface area contributed by atoms with E-state index in [4.69, 9.17) is 4.74 Å². The van der Waals surface area contributed by atoms with E-state index in [0.29, 0.717) is 12.5 Å². The average Bonchev–Trinajstić information content (AvgIpc) is 2.69. The molecule has 0 unspecified atom stereocenters. The largest absolute Gasteiger partial charge is 0.473 e. The summed E-state index contributed by atoms with van der Waals surface area (Å²) >= 11 is 1.67. The van der Waals surface area contributed by atoms with E-state index in [2.05, 4.69) is 10.4 Å². The zero-order valence-electron chi connectivity index (χ0n) is 7.01. The van der Waals surface area contributed by atoms with E-state index in [9.17, 15) is 0 Å². The Kier molecular flexibility index (Phi) is 2.57. The first-order valence-corrected chi connectivity index (χ1v) is 4.94. The Morgan fingerprint density at radius 3 is 3.00 bits per heavy atom. The van der Waals surface area contributed by atoms with Gasteiger partial charge in [0, 0.05) is 17.8 Å². The molecule has 0 N–H and O–H groups in total. The second-order valence-electron chi connectivity index (χ2n) is 2.59. The maximum Gasteiger partial charge on any atom is 0.213 e. The van der Waals surface area contributed by atoms with E-state index >= 15 is 0 Å². The third kappa shape index (κ3) is 2.29. The molecule has 2 aromatic rings. The van der Waals surface area contributed by atoms with E-state index < -0.39 is 0 Å². The van der Waals surface area contributed by atoms with Crippen LogP contribution in [0.5, 0.6) is 5.88 Å². The van der Waals surface area contributed by atoms with E-state index in [-0.39, 0.29) is 0 Å². The van der Waals surface area contributed by atoms with Gasteiger partial charge in [0.05, 0.1) is 0 Å². The summed E-state index contributed by atoms with van der Waals surface area (Å²) in [5.74, 6) is 0.675. The zero-order valence-corrected chi connectivity index (χ0v) is 7.83. The highest BCUT2D eigenvalue weighted by atomic mass is 32.1. The molecular formula is C10H9NOS. The van der Waals surface area contributed by atoms with Crippen molar-refractivity contribution in [1.29, 1.82) is 0 Å². The summed E-state index contributed by atoms with van der Waals surface area (Å²) in [6.07, 6.45) is 1.73. The van der Waals surface area contributed by atoms with Crippen LogP contribution in [-0.2, 0) is 6.61 Å². The summed E-state index contributed by atoms with van der Waals surface area (Å²) in [7, 11) is 0. The minimum absolute atomic E-state index is 0.598. The Balaban J connectivity index is 1.94. The molecule has 13 heavy (non-hydrogen) atoms. The minimum Gasteiger partial charge on any atom is -0.473 e. The van der Waals surface area contributed by atoms with Gasteiger partial charge in [-0.15, -0.1) is 0 Å². The van der Waals surface area contributed by atoms with Crippen LogP contribution in [0.4, 0.5) is 0 Å². The monoisotopic (exact) mass is 191 g/mol. The molecule has 0 saturated carbocycles. The van der Waals surface area contributed by atoms with Gasteiger partial charge in [-0.25, -0.2) is 4.98 Å². The molecule has 0 aliphatic heterocycles. The predicted octanol–water partition coefficient (Wildman–Crippen LogP) is 2.72. The van der Waals surface area contributed by atoms with Gasteiger partial charge in [0.2, 0.25) is 5.88 Å². The summed E-state index contributed by atoms with van der Waals surface area (Å²) in [6, 6.07) is 7.69. The summed E-state index contributed by atoms with van der Waals surface area (Å²) in [5, 5.41) is 4.11. The molecule has 2 aromatic heterocycles. The molecule has 0 aliphatic carbocycles. The lowest BCUT2D eigenvalue weighted by Gasteiger charge is -2.01. The molecule has 0 aromatic carbocycles. The lowest BCUT2D eigenvalue weighted by atomic mass is 10.4. The van der Waals surface area contributed by atoms with Crippen molar-refractivity contribution in [3.05, 3.63) is 46.8 Å². The highest BCUT2D eigenvalue weighted by Crippen LogP contribution is 2.10. The summed E-state index contributed by atoms with van der Waals surface area (Å²) in [4.78, 5) is 4.06. The normalized spacial score (nSPS) is 9.85. The molecular weight excluding hydrogens is 182 g/mol. The molecule has 0 bridgehead atoms. The van der Waals surface area contributed by atoms with Gasteiger partial charge in [0.25, 0.3) is 0 Å². The molecule has 66 valence electrons. The maximum atomic E-state index is 5.45. The molecule has 2 nitrogen and oxygen atoms in total. The van der Waals surface area contributed by atoms with Crippen LogP contribution in [0, 0.1) is 0 Å². The van der Waals surface area contributed by atoms with Crippen molar-refractivity contribution in [1.82, 2.24) is 4.98 Å². The highest BCUT2D eigenvalue weighted by Gasteiger charge is 1.95. The van der Waals surface area contributed by atoms with Gasteiger partial charge >= 0.3 is 0 Å². The van der Waals surface area contributed by atoms with Gasteiger partial charge in [-0.2, -0.15) is 11.3 Å². The van der Waals surface area contributed by atoms with Crippen molar-refractivity contribution in [3.63, 3.8) is 0 Å². The molecule has 0 saturated heterocycles. The molecule has 2 heterocycles. The van der Waals surface area contributed by atoms with Crippen molar-refractivity contribution in [3.8, 4) is 5.88 Å². The Morgan fingerprint density at radius 1 is 1.31 bits per heavy atom. The van der Waals surface area contributed by atoms with Gasteiger partial charge in [0.1, 0.15) is 6.61 Å². The Hall–Kier alpha value is -1.35. The Bertz CT molecular complexity index is 344. The quantitative estimate of drug-likeness (QED) is 0.744. The zero-order chi connectivity index (χ0) is 8.93. The molecule has 0 aliphatic rings. The van der Waals surface area contributed by atoms with Crippen LogP contribution < -0.4 is 4.74 Å². The smallest absolute Gasteiger partial charge is 0.213 e. The Labute approximate surface area is 80.8 Å². The van der Waals surface area contributed by atoms with E-state index in [1.54, 1.807) is 17.5 Å². The van der Waals surface area contributed by atoms with Crippen molar-refractivity contribution < 1.29 is 4.74 Å². The SMILES string of the molecule is c1ccc(OCc2ccsc2)nc1. The maximum absolute atomic E-state index is 5.45. The van der Waals surface area contributed by atoms with Crippen molar-refractivity contribution in [2.24, 2.45) is 0 Å². The fourth-order valence-electron chi connectivity index (χ4n) is 0.965. The average molecular weight is 191 g/mol. The number of nitrogens with zero attached hydrogens (tertiary/aromatic N) is 1. The number of pyridine rings is 1. The van der Waals surface area contributed by atoms with Crippen LogP contribution in [0.3, 0.4) is 0 Å². The van der Waals surface area contributed by atoms with Gasteiger partial charge in [0.15, 0.2) is 0 Å². The summed E-state index contributed by atoms with van der Waals surface area (Å²) in [6.45, 7) is 0.598. The van der Waals surface area contributed by atoms with Crippen molar-refractivity contribution >= 4 is 11.3 Å². The minimum atomic E-state index is 0.598. The third-order valence-electron chi connectivity index (χ3n) is 1.60. The van der Waals surface area contributed by atoms with Crippen LogP contribution >= 0.6 is 11.3 Å². The topological polar surface area (TPSA) is 22.1 Å². The number of hydrogen-bond acceptors (Lipinski definition) is 3. The van der Waals surface area contributed by atoms with Crippen molar-refractivity contribution in [2.45, 2.75) is 6.61 Å². The highest BCUT2D eigenvalue weighted by molar-refractivity contribution is 7.07. The first-order valence-electron chi connectivity index (χ1n) is 4.00. The molecule has 0 radical (unpaired) electrons. The van der Waals surface area contributed by atoms with Gasteiger partial charge in [-0.1, -0.05) is 6.07 Å². The molecule has 0 spiro atoms. The standard InChI is InChI=1S/C10H9NOS/c1-2-5-11-10(3-1)12-7-9-4-6-13-8-9/h1-6,8H,7H2. The van der Waals surface area contributed by atoms with Gasteiger partial charge in [-0.3, -0.25) is 0 Å². The van der Waals surface area contributed by atoms with Crippen LogP contribution in [0.25, 0.3) is 0 Å². The fourth-order valence-corrected chi connectivity index (χ4v) is 1.62. The van der Waals surface area contributed by atoms with E-state index in [1.807, 2.05) is 29.6 Å². The van der Waals surface area contributed by atoms with Crippen LogP contribution in [0.2, 0.25) is 0 Å². The molecule has 3 heteroatoms. The molecule has 0 atom stereocenters. The number of thiophene rings is 1. The number of aromatic nitrogens is 1. The van der Waals surface area contributed by atoms with Crippen LogP contribution in [0.15, 0.2) is 41.2 Å². The second-order valence-corrected chi connectivity index (χ2v) is 3.37. The molecule has 0 fully saturated rings.